The van der Waals surface area contributed by atoms with Crippen LogP contribution in [0.2, 0.25) is 0 Å². The predicted molar refractivity (Wildman–Crippen MR) is 62.2 cm³/mol. The molecule has 0 heterocycles. The Kier molecular flexibility index (Phi) is 5.17. The van der Waals surface area contributed by atoms with Crippen molar-refractivity contribution in [3.05, 3.63) is 12.7 Å². The molecule has 0 aromatic rings. The summed E-state index contributed by atoms with van der Waals surface area (Å²) in [5.74, 6) is -1.39. The third-order valence-electron chi connectivity index (χ3n) is 2.41. The molecule has 92 valence electrons. The molecular weight excluding hydrogens is 208 g/mol. The smallest absolute Gasteiger partial charge is 0.329 e. The van der Waals surface area contributed by atoms with Gasteiger partial charge in [-0.25, -0.2) is 4.79 Å². The molecule has 0 aromatic carbocycles. The Morgan fingerprint density at radius 1 is 1.31 bits per heavy atom. The van der Waals surface area contributed by atoms with E-state index in [-0.39, 0.29) is 5.91 Å². The van der Waals surface area contributed by atoms with Crippen LogP contribution in [0.1, 0.15) is 13.8 Å². The van der Waals surface area contributed by atoms with Gasteiger partial charge >= 0.3 is 5.97 Å². The van der Waals surface area contributed by atoms with Crippen molar-refractivity contribution in [2.45, 2.75) is 19.4 Å². The van der Waals surface area contributed by atoms with E-state index in [2.05, 4.69) is 6.58 Å². The van der Waals surface area contributed by atoms with E-state index in [0.29, 0.717) is 13.1 Å². The Morgan fingerprint density at radius 2 is 1.81 bits per heavy atom. The average Bonchev–Trinajstić information content (AvgIpc) is 2.16. The lowest BCUT2D eigenvalue weighted by atomic mass is 10.0. The molecule has 5 nitrogen and oxygen atoms in total. The lowest BCUT2D eigenvalue weighted by Gasteiger charge is -2.35. The maximum atomic E-state index is 11.6. The maximum absolute atomic E-state index is 11.6. The SMILES string of the molecule is C=CC(=O)N(CCN(C)C)C(C)(C)C(=O)O. The zero-order valence-corrected chi connectivity index (χ0v) is 10.4. The van der Waals surface area contributed by atoms with Crippen LogP contribution in [0.4, 0.5) is 0 Å². The minimum atomic E-state index is -1.22. The van der Waals surface area contributed by atoms with Crippen LogP contribution < -0.4 is 0 Å². The average molecular weight is 228 g/mol. The van der Waals surface area contributed by atoms with Crippen LogP contribution in [0.5, 0.6) is 0 Å². The molecule has 0 fully saturated rings. The quantitative estimate of drug-likeness (QED) is 0.670. The first-order chi connectivity index (χ1) is 7.23. The summed E-state index contributed by atoms with van der Waals surface area (Å²) in [6.45, 7) is 7.36. The number of amides is 1. The van der Waals surface area contributed by atoms with Gasteiger partial charge in [-0.05, 0) is 34.0 Å². The van der Waals surface area contributed by atoms with Crippen LogP contribution in [0, 0.1) is 0 Å². The first-order valence-electron chi connectivity index (χ1n) is 5.05. The fourth-order valence-corrected chi connectivity index (χ4v) is 1.19. The largest absolute Gasteiger partial charge is 0.480 e. The Hall–Kier alpha value is -1.36. The molecule has 0 saturated carbocycles. The summed E-state index contributed by atoms with van der Waals surface area (Å²) in [6.07, 6.45) is 1.14. The molecule has 1 amide bonds. The number of hydrogen-bond acceptors (Lipinski definition) is 3. The number of likely N-dealkylation sites (N-methyl/N-ethyl adjacent to an activating group) is 1. The second-order valence-electron chi connectivity index (χ2n) is 4.36. The van der Waals surface area contributed by atoms with Crippen molar-refractivity contribution in [1.29, 1.82) is 0 Å². The first kappa shape index (κ1) is 14.6. The minimum absolute atomic E-state index is 0.358. The van der Waals surface area contributed by atoms with Crippen LogP contribution in [0.25, 0.3) is 0 Å². The number of rotatable bonds is 6. The summed E-state index contributed by atoms with van der Waals surface area (Å²) in [5, 5.41) is 9.08. The molecule has 0 atom stereocenters. The first-order valence-corrected chi connectivity index (χ1v) is 5.05. The molecular formula is C11H20N2O3. The van der Waals surface area contributed by atoms with Crippen molar-refractivity contribution in [2.75, 3.05) is 27.2 Å². The summed E-state index contributed by atoms with van der Waals surface area (Å²) in [4.78, 5) is 25.9. The Morgan fingerprint density at radius 3 is 2.12 bits per heavy atom. The van der Waals surface area contributed by atoms with Gasteiger partial charge < -0.3 is 14.9 Å². The van der Waals surface area contributed by atoms with Crippen molar-refractivity contribution in [3.8, 4) is 0 Å². The van der Waals surface area contributed by atoms with Gasteiger partial charge in [0, 0.05) is 13.1 Å². The summed E-state index contributed by atoms with van der Waals surface area (Å²) < 4.78 is 0. The van der Waals surface area contributed by atoms with E-state index < -0.39 is 11.5 Å². The van der Waals surface area contributed by atoms with E-state index in [9.17, 15) is 9.59 Å². The van der Waals surface area contributed by atoms with E-state index >= 15 is 0 Å². The van der Waals surface area contributed by atoms with Gasteiger partial charge in [0.1, 0.15) is 5.54 Å². The topological polar surface area (TPSA) is 60.9 Å². The van der Waals surface area contributed by atoms with Gasteiger partial charge in [0.15, 0.2) is 0 Å². The molecule has 0 saturated heterocycles. The molecule has 0 aliphatic heterocycles. The second kappa shape index (κ2) is 5.65. The van der Waals surface area contributed by atoms with Crippen LogP contribution in [-0.2, 0) is 9.59 Å². The molecule has 0 bridgehead atoms. The number of carboxylic acids is 1. The summed E-state index contributed by atoms with van der Waals surface area (Å²) >= 11 is 0. The van der Waals surface area contributed by atoms with Crippen LogP contribution >= 0.6 is 0 Å². The lowest BCUT2D eigenvalue weighted by Crippen LogP contribution is -2.54. The van der Waals surface area contributed by atoms with Crippen molar-refractivity contribution in [2.24, 2.45) is 0 Å². The van der Waals surface area contributed by atoms with Crippen LogP contribution in [0.15, 0.2) is 12.7 Å². The highest BCUT2D eigenvalue weighted by Gasteiger charge is 2.36. The second-order valence-corrected chi connectivity index (χ2v) is 4.36. The van der Waals surface area contributed by atoms with E-state index in [1.807, 2.05) is 19.0 Å². The van der Waals surface area contributed by atoms with Gasteiger partial charge in [0.2, 0.25) is 5.91 Å². The van der Waals surface area contributed by atoms with Crippen molar-refractivity contribution >= 4 is 11.9 Å². The third kappa shape index (κ3) is 3.66. The van der Waals surface area contributed by atoms with Gasteiger partial charge in [-0.3, -0.25) is 4.79 Å². The molecule has 5 heteroatoms. The predicted octanol–water partition coefficient (Wildman–Crippen LogP) is 0.426. The van der Waals surface area contributed by atoms with Crippen LogP contribution in [-0.4, -0.2) is 59.5 Å². The number of aliphatic carboxylic acids is 1. The monoisotopic (exact) mass is 228 g/mol. The minimum Gasteiger partial charge on any atom is -0.480 e. The van der Waals surface area contributed by atoms with E-state index in [1.165, 1.54) is 18.7 Å². The van der Waals surface area contributed by atoms with Crippen molar-refractivity contribution in [1.82, 2.24) is 9.80 Å². The Labute approximate surface area is 96.3 Å². The molecule has 0 aliphatic rings. The Bertz CT molecular complexity index is 285. The van der Waals surface area contributed by atoms with Gasteiger partial charge in [-0.1, -0.05) is 6.58 Å². The van der Waals surface area contributed by atoms with Crippen molar-refractivity contribution < 1.29 is 14.7 Å². The van der Waals surface area contributed by atoms with Crippen molar-refractivity contribution in [3.63, 3.8) is 0 Å². The fourth-order valence-electron chi connectivity index (χ4n) is 1.19. The summed E-state index contributed by atoms with van der Waals surface area (Å²) in [7, 11) is 3.73. The molecule has 0 spiro atoms. The summed E-state index contributed by atoms with van der Waals surface area (Å²) in [5.41, 5.74) is -1.22. The number of hydrogen-bond donors (Lipinski definition) is 1. The molecule has 16 heavy (non-hydrogen) atoms. The molecule has 1 N–H and O–H groups in total. The maximum Gasteiger partial charge on any atom is 0.329 e. The van der Waals surface area contributed by atoms with Crippen LogP contribution in [0.3, 0.4) is 0 Å². The highest BCUT2D eigenvalue weighted by atomic mass is 16.4. The standard InChI is InChI=1S/C11H20N2O3/c1-6-9(14)13(8-7-12(4)5)11(2,3)10(15)16/h6H,1,7-8H2,2-5H3,(H,15,16). The molecule has 0 aromatic heterocycles. The number of carboxylic acid groups (broad SMARTS) is 1. The molecule has 0 unspecified atom stereocenters. The number of carbonyl (C=O) groups is 2. The highest BCUT2D eigenvalue weighted by molar-refractivity contribution is 5.92. The van der Waals surface area contributed by atoms with E-state index in [0.717, 1.165) is 6.08 Å². The normalized spacial score (nSPS) is 11.3. The van der Waals surface area contributed by atoms with Gasteiger partial charge in [0.05, 0.1) is 0 Å². The van der Waals surface area contributed by atoms with E-state index in [4.69, 9.17) is 5.11 Å². The van der Waals surface area contributed by atoms with Gasteiger partial charge in [-0.2, -0.15) is 0 Å². The third-order valence-corrected chi connectivity index (χ3v) is 2.41. The Balaban J connectivity index is 4.87. The van der Waals surface area contributed by atoms with E-state index in [1.54, 1.807) is 0 Å². The number of nitrogens with zero attached hydrogens (tertiary/aromatic N) is 2. The fraction of sp³-hybridized carbons (Fsp3) is 0.636. The van der Waals surface area contributed by atoms with Gasteiger partial charge in [-0.15, -0.1) is 0 Å². The zero-order valence-electron chi connectivity index (χ0n) is 10.4. The molecule has 0 radical (unpaired) electrons. The molecule has 0 rings (SSSR count). The highest BCUT2D eigenvalue weighted by Crippen LogP contribution is 2.15. The zero-order chi connectivity index (χ0) is 12.9. The summed E-state index contributed by atoms with van der Waals surface area (Å²) in [6, 6.07) is 0. The molecule has 0 aliphatic carbocycles. The number of carbonyl (C=O) groups excluding carboxylic acids is 1. The van der Waals surface area contributed by atoms with Gasteiger partial charge in [0.25, 0.3) is 0 Å². The lowest BCUT2D eigenvalue weighted by molar-refractivity contribution is -0.155.